The van der Waals surface area contributed by atoms with Crippen LogP contribution in [-0.4, -0.2) is 37.0 Å². The van der Waals surface area contributed by atoms with Crippen LogP contribution < -0.4 is 31.8 Å². The van der Waals surface area contributed by atoms with Crippen molar-refractivity contribution in [2.24, 2.45) is 0 Å². The first-order valence-electron chi connectivity index (χ1n) is 17.0. The quantitative estimate of drug-likeness (QED) is 0.0564. The zero-order valence-corrected chi connectivity index (χ0v) is 35.2. The van der Waals surface area contributed by atoms with E-state index in [1.54, 1.807) is 10.6 Å². The van der Waals surface area contributed by atoms with Crippen LogP contribution in [0.3, 0.4) is 0 Å². The molecule has 0 aliphatic heterocycles. The van der Waals surface area contributed by atoms with E-state index in [0.29, 0.717) is 0 Å². The van der Waals surface area contributed by atoms with Crippen LogP contribution in [0.1, 0.15) is 0 Å². The van der Waals surface area contributed by atoms with Crippen LogP contribution >= 0.6 is 31.7 Å². The molecule has 0 radical (unpaired) electrons. The fourth-order valence-electron chi connectivity index (χ4n) is 5.95. The van der Waals surface area contributed by atoms with Gasteiger partial charge >= 0.3 is 45.2 Å². The maximum absolute atomic E-state index is 7.50. The standard InChI is InChI=1S/C42H42P4.4CO.Cr/c1-7-19-37(20-8-1)43(33-35-45(39-23-11-3-12-24-39)40-25-13-4-14-26-40)31-32-44(38-21-9-2-10-22-38)34-36-46(41-27-15-5-16-28-41)42-29-17-6-18-30-42;4*1-2;/h1-30H,31-36H2;;;;;. The van der Waals surface area contributed by atoms with Gasteiger partial charge in [-0.3, -0.25) is 0 Å². The average Bonchev–Trinajstić information content (AvgIpc) is 3.29. The maximum Gasteiger partial charge on any atom is 0 e. The first-order valence-corrected chi connectivity index (χ1v) is 23.5. The van der Waals surface area contributed by atoms with Gasteiger partial charge in [0.2, 0.25) is 0 Å². The van der Waals surface area contributed by atoms with Crippen molar-refractivity contribution in [1.82, 2.24) is 0 Å². The Kier molecular flexibility index (Phi) is 28.6. The molecule has 4 nitrogen and oxygen atoms in total. The van der Waals surface area contributed by atoms with E-state index in [4.69, 9.17) is 18.6 Å². The van der Waals surface area contributed by atoms with Crippen LogP contribution in [0, 0.1) is 26.6 Å². The molecule has 9 heteroatoms. The van der Waals surface area contributed by atoms with Gasteiger partial charge in [0.15, 0.2) is 0 Å². The molecule has 0 saturated heterocycles. The molecule has 2 unspecified atom stereocenters. The van der Waals surface area contributed by atoms with Crippen molar-refractivity contribution in [3.05, 3.63) is 209 Å². The Labute approximate surface area is 343 Å². The summed E-state index contributed by atoms with van der Waals surface area (Å²) in [6.45, 7) is 18.0. The third-order valence-corrected chi connectivity index (χ3v) is 19.5. The average molecular weight is 835 g/mol. The fourth-order valence-corrected chi connectivity index (χ4v) is 17.8. The van der Waals surface area contributed by atoms with Crippen molar-refractivity contribution < 1.29 is 36.0 Å². The van der Waals surface area contributed by atoms with E-state index in [0.717, 1.165) is 0 Å². The molecule has 276 valence electrons. The molecule has 0 amide bonds. The summed E-state index contributed by atoms with van der Waals surface area (Å²) in [5, 5.41) is 9.10. The molecule has 0 saturated carbocycles. The van der Waals surface area contributed by atoms with Gasteiger partial charge in [-0.15, -0.1) is 0 Å². The normalized spacial score (nSPS) is 10.7. The van der Waals surface area contributed by atoms with Crippen molar-refractivity contribution in [2.45, 2.75) is 0 Å². The molecule has 0 heterocycles. The Morgan fingerprint density at radius 2 is 0.418 bits per heavy atom. The number of rotatable bonds is 15. The van der Waals surface area contributed by atoms with Crippen LogP contribution in [0.2, 0.25) is 0 Å². The molecule has 0 aromatic heterocycles. The second kappa shape index (κ2) is 31.7. The summed E-state index contributed by atoms with van der Waals surface area (Å²) >= 11 is 0. The van der Waals surface area contributed by atoms with Gasteiger partial charge in [0.05, 0.1) is 0 Å². The van der Waals surface area contributed by atoms with Crippen molar-refractivity contribution in [3.63, 3.8) is 0 Å². The molecule has 55 heavy (non-hydrogen) atoms. The summed E-state index contributed by atoms with van der Waals surface area (Å²) in [6.07, 6.45) is 7.60. The molecule has 0 aliphatic rings. The van der Waals surface area contributed by atoms with Gasteiger partial charge in [-0.2, -0.15) is 0 Å². The molecule has 0 aliphatic carbocycles. The molecule has 6 rings (SSSR count). The van der Waals surface area contributed by atoms with Crippen LogP contribution in [0.15, 0.2) is 182 Å². The van der Waals surface area contributed by atoms with Crippen molar-refractivity contribution in [2.75, 3.05) is 37.0 Å². The van der Waals surface area contributed by atoms with Crippen LogP contribution in [-0.2, 0) is 36.0 Å². The van der Waals surface area contributed by atoms with Crippen LogP contribution in [0.25, 0.3) is 0 Å². The first kappa shape index (κ1) is 49.6. The first-order chi connectivity index (χ1) is 26.8. The predicted octanol–water partition coefficient (Wildman–Crippen LogP) is 8.71. The van der Waals surface area contributed by atoms with Crippen molar-refractivity contribution in [3.8, 4) is 0 Å². The van der Waals surface area contributed by atoms with Gasteiger partial charge in [0, 0.05) is 17.4 Å². The summed E-state index contributed by atoms with van der Waals surface area (Å²) < 4.78 is 30.0. The minimum Gasteiger partial charge on any atom is -0.0746 e. The van der Waals surface area contributed by atoms with E-state index in [2.05, 4.69) is 209 Å². The largest absolute Gasteiger partial charge is 0.0746 e. The summed E-state index contributed by atoms with van der Waals surface area (Å²) in [5.74, 6) is 0. The Balaban J connectivity index is 0.00000158. The van der Waals surface area contributed by atoms with E-state index < -0.39 is 0 Å². The Morgan fingerprint density at radius 3 is 0.618 bits per heavy atom. The molecule has 0 spiro atoms. The minimum absolute atomic E-state index is 0. The van der Waals surface area contributed by atoms with Gasteiger partial charge in [-0.25, -0.2) is 0 Å². The zero-order chi connectivity index (χ0) is 39.2. The maximum atomic E-state index is 7.50. The van der Waals surface area contributed by atoms with Gasteiger partial charge in [0.25, 0.3) is 0 Å². The predicted molar refractivity (Wildman–Crippen MR) is 229 cm³/mol. The smallest absolute Gasteiger partial charge is 0 e. The molecule has 0 bridgehead atoms. The van der Waals surface area contributed by atoms with E-state index in [-0.39, 0.29) is 49.0 Å². The van der Waals surface area contributed by atoms with Gasteiger partial charge in [-0.1, -0.05) is 198 Å². The number of hydrogen-bond acceptors (Lipinski definition) is 0. The Hall–Kier alpha value is -3.47. The van der Waals surface area contributed by atoms with E-state index >= 15 is 0 Å². The topological polar surface area (TPSA) is 79.6 Å². The Bertz CT molecular complexity index is 1660. The fraction of sp³-hybridized carbons (Fsp3) is 0.130. The van der Waals surface area contributed by atoms with Gasteiger partial charge in [0.1, 0.15) is 0 Å². The second-order valence-electron chi connectivity index (χ2n) is 11.3. The third kappa shape index (κ3) is 17.1. The third-order valence-electron chi connectivity index (χ3n) is 8.34. The van der Waals surface area contributed by atoms with E-state index in [1.807, 2.05) is 0 Å². The van der Waals surface area contributed by atoms with Gasteiger partial charge < -0.3 is 0 Å². The Morgan fingerprint density at radius 1 is 0.255 bits per heavy atom. The SMILES string of the molecule is [C-]#[O+].[C-]#[O+].[C-]#[O+].[C-]#[O+].[Cr].c1ccc(P(CCP(CCP(c2ccccc2)c2ccccc2)c2ccccc2)CCP(c2ccccc2)c2ccccc2)cc1. The molecule has 0 N–H and O–H groups in total. The van der Waals surface area contributed by atoms with Crippen molar-refractivity contribution >= 4 is 63.5 Å². The molecule has 6 aromatic rings. The zero-order valence-electron chi connectivity index (χ0n) is 30.4. The molecular weight excluding hydrogens is 792 g/mol. The number of benzene rings is 6. The summed E-state index contributed by atoms with van der Waals surface area (Å²) in [6, 6.07) is 67.9. The summed E-state index contributed by atoms with van der Waals surface area (Å²) in [4.78, 5) is 0. The van der Waals surface area contributed by atoms with E-state index in [1.165, 1.54) is 58.2 Å². The van der Waals surface area contributed by atoms with Crippen LogP contribution in [0.4, 0.5) is 0 Å². The monoisotopic (exact) mass is 834 g/mol. The van der Waals surface area contributed by atoms with Gasteiger partial charge in [-0.05, 0) is 84.6 Å². The summed E-state index contributed by atoms with van der Waals surface area (Å²) in [5.41, 5.74) is 0. The summed E-state index contributed by atoms with van der Waals surface area (Å²) in [7, 11) is -1.31. The second-order valence-corrected chi connectivity index (χ2v) is 20.9. The molecule has 2 atom stereocenters. The van der Waals surface area contributed by atoms with E-state index in [9.17, 15) is 0 Å². The molecule has 6 aromatic carbocycles. The number of hydrogen-bond donors (Lipinski definition) is 0. The van der Waals surface area contributed by atoms with Crippen molar-refractivity contribution in [1.29, 1.82) is 0 Å². The minimum atomic E-state index is -0.386. The van der Waals surface area contributed by atoms with Crippen LogP contribution in [0.5, 0.6) is 0 Å². The molecular formula is C46H42CrO4P4. The molecule has 0 fully saturated rings.